The Hall–Kier alpha value is -1.99. The fourth-order valence-electron chi connectivity index (χ4n) is 2.22. The number of nitrogens with one attached hydrogen (secondary N) is 1. The lowest BCUT2D eigenvalue weighted by Crippen LogP contribution is -2.37. The second-order valence-electron chi connectivity index (χ2n) is 5.81. The minimum absolute atomic E-state index is 0.0834. The lowest BCUT2D eigenvalue weighted by atomic mass is 10.1. The van der Waals surface area contributed by atoms with E-state index in [2.05, 4.69) is 5.32 Å². The van der Waals surface area contributed by atoms with Crippen molar-refractivity contribution in [1.82, 2.24) is 10.2 Å². The van der Waals surface area contributed by atoms with E-state index in [9.17, 15) is 14.9 Å². The number of ether oxygens (including phenoxy) is 1. The largest absolute Gasteiger partial charge is 0.379 e. The first kappa shape index (κ1) is 20.1. The SMILES string of the molecule is CCN(CC(=O)NCCCOC(C)C)Cc1ccccc1[N+](=O)[O-]. The third-order valence-electron chi connectivity index (χ3n) is 3.49. The van der Waals surface area contributed by atoms with Crippen LogP contribution >= 0.6 is 0 Å². The van der Waals surface area contributed by atoms with Crippen LogP contribution in [0.5, 0.6) is 0 Å². The molecule has 0 aliphatic heterocycles. The van der Waals surface area contributed by atoms with E-state index < -0.39 is 4.92 Å². The maximum Gasteiger partial charge on any atom is 0.273 e. The van der Waals surface area contributed by atoms with Crippen LogP contribution in [0.3, 0.4) is 0 Å². The van der Waals surface area contributed by atoms with E-state index in [1.807, 2.05) is 25.7 Å². The molecule has 0 saturated heterocycles. The summed E-state index contributed by atoms with van der Waals surface area (Å²) in [6.07, 6.45) is 0.957. The molecule has 1 aromatic rings. The predicted octanol–water partition coefficient (Wildman–Crippen LogP) is 2.35. The van der Waals surface area contributed by atoms with Crippen LogP contribution < -0.4 is 5.32 Å². The van der Waals surface area contributed by atoms with Gasteiger partial charge < -0.3 is 10.1 Å². The third kappa shape index (κ3) is 7.52. The molecule has 0 bridgehead atoms. The summed E-state index contributed by atoms with van der Waals surface area (Å²) in [6.45, 7) is 8.28. The highest BCUT2D eigenvalue weighted by molar-refractivity contribution is 5.78. The second kappa shape index (κ2) is 10.7. The number of carbonyl (C=O) groups excluding carboxylic acids is 1. The molecule has 1 rings (SSSR count). The molecule has 0 atom stereocenters. The Morgan fingerprint density at radius 1 is 1.38 bits per heavy atom. The number of likely N-dealkylation sites (N-methyl/N-ethyl adjacent to an activating group) is 1. The van der Waals surface area contributed by atoms with E-state index in [0.29, 0.717) is 31.8 Å². The Kier molecular flexibility index (Phi) is 8.96. The molecule has 0 aliphatic rings. The van der Waals surface area contributed by atoms with Gasteiger partial charge in [0.25, 0.3) is 5.69 Å². The van der Waals surface area contributed by atoms with Crippen molar-refractivity contribution in [1.29, 1.82) is 0 Å². The van der Waals surface area contributed by atoms with Gasteiger partial charge in [-0.25, -0.2) is 0 Å². The van der Waals surface area contributed by atoms with Gasteiger partial charge in [-0.05, 0) is 26.8 Å². The third-order valence-corrected chi connectivity index (χ3v) is 3.49. The topological polar surface area (TPSA) is 84.7 Å². The zero-order valence-electron chi connectivity index (χ0n) is 14.7. The van der Waals surface area contributed by atoms with Crippen molar-refractivity contribution in [2.24, 2.45) is 0 Å². The van der Waals surface area contributed by atoms with Crippen molar-refractivity contribution in [2.45, 2.75) is 39.8 Å². The number of amides is 1. The van der Waals surface area contributed by atoms with Crippen LogP contribution in [0.1, 0.15) is 32.8 Å². The molecular formula is C17H27N3O4. The first-order valence-corrected chi connectivity index (χ1v) is 8.27. The van der Waals surface area contributed by atoms with E-state index in [1.54, 1.807) is 18.2 Å². The smallest absolute Gasteiger partial charge is 0.273 e. The van der Waals surface area contributed by atoms with Gasteiger partial charge in [0.05, 0.1) is 17.6 Å². The highest BCUT2D eigenvalue weighted by atomic mass is 16.6. The Labute approximate surface area is 143 Å². The van der Waals surface area contributed by atoms with Crippen LogP contribution in [0.15, 0.2) is 24.3 Å². The fourth-order valence-corrected chi connectivity index (χ4v) is 2.22. The summed E-state index contributed by atoms with van der Waals surface area (Å²) >= 11 is 0. The van der Waals surface area contributed by atoms with Crippen LogP contribution in [0.25, 0.3) is 0 Å². The van der Waals surface area contributed by atoms with Crippen LogP contribution in [-0.2, 0) is 16.1 Å². The number of para-hydroxylation sites is 1. The molecule has 0 saturated carbocycles. The molecule has 7 heteroatoms. The molecule has 1 amide bonds. The highest BCUT2D eigenvalue weighted by Crippen LogP contribution is 2.19. The molecule has 0 heterocycles. The molecule has 0 aliphatic carbocycles. The molecule has 1 aromatic carbocycles. The Morgan fingerprint density at radius 3 is 2.71 bits per heavy atom. The fraction of sp³-hybridized carbons (Fsp3) is 0.588. The summed E-state index contributed by atoms with van der Waals surface area (Å²) in [5.74, 6) is -0.0834. The molecule has 0 spiro atoms. The van der Waals surface area contributed by atoms with E-state index >= 15 is 0 Å². The zero-order chi connectivity index (χ0) is 17.9. The van der Waals surface area contributed by atoms with E-state index in [4.69, 9.17) is 4.74 Å². The number of hydrogen-bond acceptors (Lipinski definition) is 5. The molecule has 134 valence electrons. The van der Waals surface area contributed by atoms with Crippen LogP contribution in [0.4, 0.5) is 5.69 Å². The van der Waals surface area contributed by atoms with Crippen LogP contribution in [-0.4, -0.2) is 48.1 Å². The van der Waals surface area contributed by atoms with Gasteiger partial charge in [-0.3, -0.25) is 19.8 Å². The first-order valence-electron chi connectivity index (χ1n) is 8.27. The second-order valence-corrected chi connectivity index (χ2v) is 5.81. The van der Waals surface area contributed by atoms with Gasteiger partial charge in [0.2, 0.25) is 5.91 Å². The Morgan fingerprint density at radius 2 is 2.08 bits per heavy atom. The minimum atomic E-state index is -0.391. The number of rotatable bonds is 11. The maximum absolute atomic E-state index is 12.0. The van der Waals surface area contributed by atoms with Gasteiger partial charge >= 0.3 is 0 Å². The van der Waals surface area contributed by atoms with Crippen LogP contribution in [0.2, 0.25) is 0 Å². The summed E-state index contributed by atoms with van der Waals surface area (Å²) in [6, 6.07) is 6.62. The molecule has 7 nitrogen and oxygen atoms in total. The van der Waals surface area contributed by atoms with E-state index in [0.717, 1.165) is 6.42 Å². The molecule has 24 heavy (non-hydrogen) atoms. The zero-order valence-corrected chi connectivity index (χ0v) is 14.7. The monoisotopic (exact) mass is 337 g/mol. The minimum Gasteiger partial charge on any atom is -0.379 e. The van der Waals surface area contributed by atoms with E-state index in [-0.39, 0.29) is 24.2 Å². The van der Waals surface area contributed by atoms with Gasteiger partial charge in [-0.15, -0.1) is 0 Å². The summed E-state index contributed by atoms with van der Waals surface area (Å²) in [5, 5.41) is 13.9. The Bertz CT molecular complexity index is 534. The first-order chi connectivity index (χ1) is 11.4. The quantitative estimate of drug-likeness (QED) is 0.381. The van der Waals surface area contributed by atoms with Gasteiger partial charge in [-0.1, -0.05) is 25.1 Å². The van der Waals surface area contributed by atoms with Gasteiger partial charge in [0, 0.05) is 31.3 Å². The molecule has 0 unspecified atom stereocenters. The van der Waals surface area contributed by atoms with Crippen molar-refractivity contribution in [3.8, 4) is 0 Å². The summed E-state index contributed by atoms with van der Waals surface area (Å²) < 4.78 is 5.41. The van der Waals surface area contributed by atoms with Crippen molar-refractivity contribution in [2.75, 3.05) is 26.2 Å². The average Bonchev–Trinajstić information content (AvgIpc) is 2.53. The molecule has 0 radical (unpaired) electrons. The van der Waals surface area contributed by atoms with Crippen molar-refractivity contribution < 1.29 is 14.5 Å². The standard InChI is InChI=1S/C17H27N3O4/c1-4-19(12-15-8-5-6-9-16(15)20(22)23)13-17(21)18-10-7-11-24-14(2)3/h5-6,8-9,14H,4,7,10-13H2,1-3H3,(H,18,21). The van der Waals surface area contributed by atoms with Crippen molar-refractivity contribution in [3.63, 3.8) is 0 Å². The molecule has 0 aromatic heterocycles. The summed E-state index contributed by atoms with van der Waals surface area (Å²) in [7, 11) is 0. The summed E-state index contributed by atoms with van der Waals surface area (Å²) in [5.41, 5.74) is 0.699. The van der Waals surface area contributed by atoms with Gasteiger partial charge in [0.1, 0.15) is 0 Å². The predicted molar refractivity (Wildman–Crippen MR) is 92.8 cm³/mol. The van der Waals surface area contributed by atoms with Crippen molar-refractivity contribution >= 4 is 11.6 Å². The number of hydrogen-bond donors (Lipinski definition) is 1. The number of benzene rings is 1. The molecule has 1 N–H and O–H groups in total. The lowest BCUT2D eigenvalue weighted by Gasteiger charge is -2.20. The van der Waals surface area contributed by atoms with Crippen molar-refractivity contribution in [3.05, 3.63) is 39.9 Å². The van der Waals surface area contributed by atoms with Gasteiger partial charge in [0.15, 0.2) is 0 Å². The van der Waals surface area contributed by atoms with Crippen LogP contribution in [0, 0.1) is 10.1 Å². The average molecular weight is 337 g/mol. The van der Waals surface area contributed by atoms with E-state index in [1.165, 1.54) is 6.07 Å². The number of nitro groups is 1. The number of nitrogens with zero attached hydrogens (tertiary/aromatic N) is 2. The maximum atomic E-state index is 12.0. The summed E-state index contributed by atoms with van der Waals surface area (Å²) in [4.78, 5) is 24.5. The normalized spacial score (nSPS) is 11.0. The molecular weight excluding hydrogens is 310 g/mol. The lowest BCUT2D eigenvalue weighted by molar-refractivity contribution is -0.385. The number of carbonyl (C=O) groups is 1. The Balaban J connectivity index is 2.44. The highest BCUT2D eigenvalue weighted by Gasteiger charge is 2.16. The number of nitro benzene ring substituents is 1. The molecule has 0 fully saturated rings. The van der Waals surface area contributed by atoms with Gasteiger partial charge in [-0.2, -0.15) is 0 Å².